The van der Waals surface area contributed by atoms with E-state index in [2.05, 4.69) is 6.92 Å². The molecule has 1 amide bonds. The van der Waals surface area contributed by atoms with Crippen LogP contribution in [0.1, 0.15) is 54.8 Å². The molecule has 1 heterocycles. The smallest absolute Gasteiger partial charge is 0.280 e. The molecule has 0 bridgehead atoms. The average molecular weight is 263 g/mol. The highest BCUT2D eigenvalue weighted by molar-refractivity contribution is 5.98. The zero-order valence-electron chi connectivity index (χ0n) is 11.6. The van der Waals surface area contributed by atoms with Gasteiger partial charge in [-0.15, -0.1) is 0 Å². The molecule has 4 nitrogen and oxygen atoms in total. The van der Waals surface area contributed by atoms with Gasteiger partial charge in [0.2, 0.25) is 0 Å². The molecule has 0 aliphatic carbocycles. The highest BCUT2D eigenvalue weighted by Gasteiger charge is 2.37. The zero-order valence-corrected chi connectivity index (χ0v) is 11.6. The Kier molecular flexibility index (Phi) is 4.93. The van der Waals surface area contributed by atoms with Gasteiger partial charge in [0.15, 0.2) is 6.23 Å². The molecule has 0 radical (unpaired) electrons. The van der Waals surface area contributed by atoms with Crippen LogP contribution in [0.3, 0.4) is 0 Å². The molecular formula is C15H21NO3. The summed E-state index contributed by atoms with van der Waals surface area (Å²) >= 11 is 0. The van der Waals surface area contributed by atoms with E-state index in [-0.39, 0.29) is 5.91 Å². The summed E-state index contributed by atoms with van der Waals surface area (Å²) in [5, 5.41) is 1.31. The first-order chi connectivity index (χ1) is 9.29. The van der Waals surface area contributed by atoms with Gasteiger partial charge in [0.1, 0.15) is 0 Å². The third-order valence-corrected chi connectivity index (χ3v) is 3.34. The van der Waals surface area contributed by atoms with Crippen molar-refractivity contribution in [2.45, 2.75) is 38.8 Å². The van der Waals surface area contributed by atoms with Crippen molar-refractivity contribution in [3.05, 3.63) is 35.4 Å². The van der Waals surface area contributed by atoms with Crippen LogP contribution in [0.15, 0.2) is 24.3 Å². The van der Waals surface area contributed by atoms with Gasteiger partial charge in [0.25, 0.3) is 5.91 Å². The van der Waals surface area contributed by atoms with Crippen molar-refractivity contribution in [1.82, 2.24) is 5.06 Å². The molecule has 0 saturated heterocycles. The Bertz CT molecular complexity index is 433. The fourth-order valence-electron chi connectivity index (χ4n) is 2.32. The normalized spacial score (nSPS) is 17.9. The number of carbonyl (C=O) groups is 1. The van der Waals surface area contributed by atoms with Gasteiger partial charge in [-0.2, -0.15) is 5.06 Å². The first-order valence-corrected chi connectivity index (χ1v) is 6.87. The van der Waals surface area contributed by atoms with E-state index in [4.69, 9.17) is 9.57 Å². The molecule has 4 heteroatoms. The number of unbranched alkanes of at least 4 members (excludes halogenated alkanes) is 3. The molecule has 1 aliphatic rings. The van der Waals surface area contributed by atoms with E-state index in [1.807, 2.05) is 24.3 Å². The number of rotatable bonds is 7. The lowest BCUT2D eigenvalue weighted by atomic mass is 10.1. The van der Waals surface area contributed by atoms with Crippen LogP contribution < -0.4 is 0 Å². The summed E-state index contributed by atoms with van der Waals surface area (Å²) in [5.41, 5.74) is 1.56. The molecule has 0 spiro atoms. The highest BCUT2D eigenvalue weighted by atomic mass is 16.7. The Balaban J connectivity index is 2.00. The summed E-state index contributed by atoms with van der Waals surface area (Å²) in [4.78, 5) is 17.2. The monoisotopic (exact) mass is 263 g/mol. The second kappa shape index (κ2) is 6.68. The van der Waals surface area contributed by atoms with Crippen LogP contribution in [0.4, 0.5) is 0 Å². The first-order valence-electron chi connectivity index (χ1n) is 6.87. The minimum Gasteiger partial charge on any atom is -0.352 e. The van der Waals surface area contributed by atoms with E-state index in [0.29, 0.717) is 12.2 Å². The molecule has 1 aromatic carbocycles. The van der Waals surface area contributed by atoms with Crippen LogP contribution in [0.5, 0.6) is 0 Å². The Morgan fingerprint density at radius 1 is 1.21 bits per heavy atom. The molecule has 0 N–H and O–H groups in total. The topological polar surface area (TPSA) is 38.8 Å². The number of benzene rings is 1. The van der Waals surface area contributed by atoms with E-state index in [1.165, 1.54) is 25.0 Å². The van der Waals surface area contributed by atoms with Crippen molar-refractivity contribution < 1.29 is 14.4 Å². The van der Waals surface area contributed by atoms with Gasteiger partial charge in [-0.25, -0.2) is 0 Å². The molecule has 0 aromatic heterocycles. The molecule has 104 valence electrons. The Labute approximate surface area is 114 Å². The second-order valence-electron chi connectivity index (χ2n) is 4.68. The number of hydrogen-bond donors (Lipinski definition) is 0. The maximum atomic E-state index is 12.1. The fourth-order valence-corrected chi connectivity index (χ4v) is 2.32. The number of amides is 1. The first kappa shape index (κ1) is 14.0. The van der Waals surface area contributed by atoms with E-state index in [1.54, 1.807) is 0 Å². The maximum absolute atomic E-state index is 12.1. The average Bonchev–Trinajstić information content (AvgIpc) is 2.72. The maximum Gasteiger partial charge on any atom is 0.280 e. The zero-order chi connectivity index (χ0) is 13.7. The minimum atomic E-state index is -0.407. The van der Waals surface area contributed by atoms with Crippen LogP contribution in [0, 0.1) is 0 Å². The van der Waals surface area contributed by atoms with Crippen molar-refractivity contribution in [2.24, 2.45) is 0 Å². The number of hydrogen-bond acceptors (Lipinski definition) is 3. The van der Waals surface area contributed by atoms with Crippen LogP contribution in [0.2, 0.25) is 0 Å². The summed E-state index contributed by atoms with van der Waals surface area (Å²) in [7, 11) is 1.50. The highest BCUT2D eigenvalue weighted by Crippen LogP contribution is 2.34. The van der Waals surface area contributed by atoms with Crippen LogP contribution in [-0.2, 0) is 9.57 Å². The number of hydroxylamine groups is 2. The molecule has 1 aliphatic heterocycles. The quantitative estimate of drug-likeness (QED) is 0.708. The van der Waals surface area contributed by atoms with Crippen molar-refractivity contribution in [3.63, 3.8) is 0 Å². The molecule has 19 heavy (non-hydrogen) atoms. The Morgan fingerprint density at radius 3 is 2.74 bits per heavy atom. The molecule has 1 aromatic rings. The Hall–Kier alpha value is -1.39. The minimum absolute atomic E-state index is 0.128. The van der Waals surface area contributed by atoms with Crippen molar-refractivity contribution in [3.8, 4) is 0 Å². The molecular weight excluding hydrogens is 242 g/mol. The summed E-state index contributed by atoms with van der Waals surface area (Å²) in [6.45, 7) is 2.82. The largest absolute Gasteiger partial charge is 0.352 e. The van der Waals surface area contributed by atoms with E-state index >= 15 is 0 Å². The van der Waals surface area contributed by atoms with E-state index < -0.39 is 6.23 Å². The third kappa shape index (κ3) is 2.96. The summed E-state index contributed by atoms with van der Waals surface area (Å²) in [5.74, 6) is -0.128. The molecule has 0 saturated carbocycles. The van der Waals surface area contributed by atoms with Crippen LogP contribution in [-0.4, -0.2) is 24.7 Å². The lowest BCUT2D eigenvalue weighted by Crippen LogP contribution is -2.28. The van der Waals surface area contributed by atoms with Gasteiger partial charge >= 0.3 is 0 Å². The number of carbonyl (C=O) groups excluding carboxylic acids is 1. The number of ether oxygens (including phenoxy) is 1. The van der Waals surface area contributed by atoms with Gasteiger partial charge in [-0.3, -0.25) is 9.63 Å². The molecule has 2 rings (SSSR count). The lowest BCUT2D eigenvalue weighted by molar-refractivity contribution is -0.199. The number of fused-ring (bicyclic) bond motifs is 1. The molecule has 1 unspecified atom stereocenters. The van der Waals surface area contributed by atoms with Crippen LogP contribution >= 0.6 is 0 Å². The SMILES string of the molecule is CCCCCCOC1c2ccccc2C(=O)N1OC. The Morgan fingerprint density at radius 2 is 2.00 bits per heavy atom. The van der Waals surface area contributed by atoms with Gasteiger partial charge in [-0.05, 0) is 12.5 Å². The number of nitrogens with zero attached hydrogens (tertiary/aromatic N) is 1. The van der Waals surface area contributed by atoms with Crippen molar-refractivity contribution in [2.75, 3.05) is 13.7 Å². The lowest BCUT2D eigenvalue weighted by Gasteiger charge is -2.22. The van der Waals surface area contributed by atoms with Gasteiger partial charge in [0.05, 0.1) is 7.11 Å². The van der Waals surface area contributed by atoms with E-state index in [9.17, 15) is 4.79 Å². The standard InChI is InChI=1S/C15H21NO3/c1-3-4-5-8-11-19-15-13-10-7-6-9-12(13)14(17)16(15)18-2/h6-7,9-10,15H,3-5,8,11H2,1-2H3. The van der Waals surface area contributed by atoms with Crippen LogP contribution in [0.25, 0.3) is 0 Å². The predicted molar refractivity (Wildman–Crippen MR) is 72.5 cm³/mol. The van der Waals surface area contributed by atoms with Crippen molar-refractivity contribution in [1.29, 1.82) is 0 Å². The third-order valence-electron chi connectivity index (χ3n) is 3.34. The summed E-state index contributed by atoms with van der Waals surface area (Å²) < 4.78 is 5.83. The summed E-state index contributed by atoms with van der Waals surface area (Å²) in [6, 6.07) is 7.50. The molecule has 0 fully saturated rings. The van der Waals surface area contributed by atoms with Gasteiger partial charge in [0, 0.05) is 17.7 Å². The predicted octanol–water partition coefficient (Wildman–Crippen LogP) is 3.30. The summed E-state index contributed by atoms with van der Waals surface area (Å²) in [6.07, 6.45) is 4.19. The molecule has 1 atom stereocenters. The van der Waals surface area contributed by atoms with E-state index in [0.717, 1.165) is 18.4 Å². The van der Waals surface area contributed by atoms with Crippen molar-refractivity contribution >= 4 is 5.91 Å². The second-order valence-corrected chi connectivity index (χ2v) is 4.68. The fraction of sp³-hybridized carbons (Fsp3) is 0.533. The van der Waals surface area contributed by atoms with Gasteiger partial charge in [-0.1, -0.05) is 44.4 Å². The van der Waals surface area contributed by atoms with Gasteiger partial charge < -0.3 is 4.74 Å².